The predicted octanol–water partition coefficient (Wildman–Crippen LogP) is 2.48. The summed E-state index contributed by atoms with van der Waals surface area (Å²) in [5.74, 6) is -1.68. The summed E-state index contributed by atoms with van der Waals surface area (Å²) in [6, 6.07) is 3.34. The average molecular weight is 281 g/mol. The second-order valence-corrected chi connectivity index (χ2v) is 5.30. The van der Waals surface area contributed by atoms with Crippen molar-refractivity contribution in [3.05, 3.63) is 40.3 Å². The summed E-state index contributed by atoms with van der Waals surface area (Å²) in [6.45, 7) is 0. The van der Waals surface area contributed by atoms with Crippen LogP contribution in [0, 0.1) is 11.6 Å². The van der Waals surface area contributed by atoms with Crippen LogP contribution in [0.4, 0.5) is 19.7 Å². The molecule has 0 bridgehead atoms. The van der Waals surface area contributed by atoms with E-state index in [9.17, 15) is 13.6 Å². The Balaban J connectivity index is 2.12. The summed E-state index contributed by atoms with van der Waals surface area (Å²) in [6.07, 6.45) is 0.0944. The van der Waals surface area contributed by atoms with Crippen molar-refractivity contribution in [3.8, 4) is 0 Å². The number of carbonyl (C=O) groups is 1. The first-order chi connectivity index (χ1) is 9.04. The van der Waals surface area contributed by atoms with Crippen molar-refractivity contribution in [2.45, 2.75) is 12.3 Å². The predicted molar refractivity (Wildman–Crippen MR) is 68.0 cm³/mol. The fourth-order valence-electron chi connectivity index (χ4n) is 2.17. The van der Waals surface area contributed by atoms with Crippen LogP contribution in [0.3, 0.4) is 0 Å². The minimum atomic E-state index is -0.669. The largest absolute Gasteiger partial charge is 0.375 e. The number of nitrogens with one attached hydrogen (secondary N) is 1. The second kappa shape index (κ2) is 4.27. The summed E-state index contributed by atoms with van der Waals surface area (Å²) >= 11 is 1.20. The lowest BCUT2D eigenvalue weighted by molar-refractivity contribution is -0.116. The summed E-state index contributed by atoms with van der Waals surface area (Å²) in [5, 5.41) is 2.90. The number of fused-ring (bicyclic) bond motifs is 1. The number of anilines is 2. The number of nitrogens with zero attached hydrogens (tertiary/aromatic N) is 1. The third-order valence-electron chi connectivity index (χ3n) is 2.97. The van der Waals surface area contributed by atoms with Crippen LogP contribution in [0.5, 0.6) is 0 Å². The normalized spacial score (nSPS) is 18.0. The number of amides is 1. The maximum atomic E-state index is 13.8. The van der Waals surface area contributed by atoms with Gasteiger partial charge >= 0.3 is 0 Å². The topological polar surface area (TPSA) is 68.0 Å². The Morgan fingerprint density at radius 3 is 2.95 bits per heavy atom. The number of halogens is 2. The van der Waals surface area contributed by atoms with Crippen LogP contribution in [-0.2, 0) is 4.79 Å². The monoisotopic (exact) mass is 281 g/mol. The van der Waals surface area contributed by atoms with Crippen LogP contribution in [0.15, 0.2) is 18.2 Å². The molecular weight excluding hydrogens is 272 g/mol. The second-order valence-electron chi connectivity index (χ2n) is 4.24. The molecule has 7 heteroatoms. The maximum absolute atomic E-state index is 13.8. The van der Waals surface area contributed by atoms with E-state index in [0.717, 1.165) is 6.07 Å². The SMILES string of the molecule is Nc1nc2c(s1)C(c1ccc(F)cc1F)CC(=O)N2. The Morgan fingerprint density at radius 2 is 2.21 bits per heavy atom. The molecule has 3 rings (SSSR count). The van der Waals surface area contributed by atoms with Crippen molar-refractivity contribution in [1.82, 2.24) is 4.98 Å². The molecule has 1 amide bonds. The molecule has 2 aromatic rings. The van der Waals surface area contributed by atoms with Gasteiger partial charge in [-0.1, -0.05) is 17.4 Å². The number of nitrogens with two attached hydrogens (primary N) is 1. The molecule has 3 N–H and O–H groups in total. The van der Waals surface area contributed by atoms with Gasteiger partial charge in [0, 0.05) is 18.4 Å². The first-order valence-electron chi connectivity index (χ1n) is 5.55. The first-order valence-corrected chi connectivity index (χ1v) is 6.37. The number of aromatic nitrogens is 1. The Labute approximate surface area is 111 Å². The fraction of sp³-hybridized carbons (Fsp3) is 0.167. The number of carbonyl (C=O) groups excluding carboxylic acids is 1. The number of benzene rings is 1. The number of hydrogen-bond acceptors (Lipinski definition) is 4. The lowest BCUT2D eigenvalue weighted by atomic mass is 9.91. The van der Waals surface area contributed by atoms with Crippen molar-refractivity contribution in [1.29, 1.82) is 0 Å². The van der Waals surface area contributed by atoms with Crippen molar-refractivity contribution in [3.63, 3.8) is 0 Å². The number of rotatable bonds is 1. The zero-order valence-corrected chi connectivity index (χ0v) is 10.4. The summed E-state index contributed by atoms with van der Waals surface area (Å²) in [7, 11) is 0. The smallest absolute Gasteiger partial charge is 0.226 e. The van der Waals surface area contributed by atoms with E-state index >= 15 is 0 Å². The molecule has 19 heavy (non-hydrogen) atoms. The van der Waals surface area contributed by atoms with Gasteiger partial charge in [-0.25, -0.2) is 13.8 Å². The zero-order chi connectivity index (χ0) is 13.6. The lowest BCUT2D eigenvalue weighted by Gasteiger charge is -2.21. The lowest BCUT2D eigenvalue weighted by Crippen LogP contribution is -2.23. The van der Waals surface area contributed by atoms with E-state index in [1.807, 2.05) is 0 Å². The van der Waals surface area contributed by atoms with Gasteiger partial charge in [0.25, 0.3) is 0 Å². The molecule has 0 aliphatic carbocycles. The average Bonchev–Trinajstić information content (AvgIpc) is 2.68. The van der Waals surface area contributed by atoms with Crippen molar-refractivity contribution >= 4 is 28.2 Å². The molecular formula is C12H9F2N3OS. The highest BCUT2D eigenvalue weighted by Gasteiger charge is 2.31. The molecule has 1 atom stereocenters. The number of nitrogen functional groups attached to an aromatic ring is 1. The van der Waals surface area contributed by atoms with Crippen LogP contribution >= 0.6 is 11.3 Å². The third kappa shape index (κ3) is 2.06. The van der Waals surface area contributed by atoms with Gasteiger partial charge in [0.1, 0.15) is 17.5 Å². The van der Waals surface area contributed by atoms with Crippen molar-refractivity contribution in [2.75, 3.05) is 11.1 Å². The van der Waals surface area contributed by atoms with Gasteiger partial charge in [-0.15, -0.1) is 0 Å². The molecule has 0 spiro atoms. The van der Waals surface area contributed by atoms with E-state index in [0.29, 0.717) is 15.8 Å². The molecule has 1 aliphatic heterocycles. The Bertz CT molecular complexity index is 671. The van der Waals surface area contributed by atoms with Crippen molar-refractivity contribution < 1.29 is 13.6 Å². The molecule has 2 heterocycles. The van der Waals surface area contributed by atoms with Crippen molar-refractivity contribution in [2.24, 2.45) is 0 Å². The highest BCUT2D eigenvalue weighted by Crippen LogP contribution is 2.42. The van der Waals surface area contributed by atoms with E-state index in [4.69, 9.17) is 5.73 Å². The van der Waals surface area contributed by atoms with Gasteiger partial charge in [-0.05, 0) is 11.6 Å². The van der Waals surface area contributed by atoms with Crippen LogP contribution in [-0.4, -0.2) is 10.9 Å². The summed E-state index contributed by atoms with van der Waals surface area (Å²) in [5.41, 5.74) is 5.89. The quantitative estimate of drug-likeness (QED) is 0.843. The number of hydrogen-bond donors (Lipinski definition) is 2. The van der Waals surface area contributed by atoms with Gasteiger partial charge < -0.3 is 11.1 Å². The molecule has 0 saturated carbocycles. The third-order valence-corrected chi connectivity index (χ3v) is 3.97. The standard InChI is InChI=1S/C12H9F2N3OS/c13-5-1-2-6(8(14)3-5)7-4-9(18)16-11-10(7)19-12(15)17-11/h1-3,7H,4H2,(H2,15,17)(H,16,18). The van der Waals surface area contributed by atoms with Gasteiger partial charge in [0.15, 0.2) is 5.13 Å². The van der Waals surface area contributed by atoms with Crippen LogP contribution in [0.25, 0.3) is 0 Å². The van der Waals surface area contributed by atoms with E-state index in [1.54, 1.807) is 0 Å². The molecule has 4 nitrogen and oxygen atoms in total. The molecule has 1 unspecified atom stereocenters. The molecule has 0 fully saturated rings. The summed E-state index contributed by atoms with van der Waals surface area (Å²) in [4.78, 5) is 16.3. The van der Waals surface area contributed by atoms with E-state index < -0.39 is 17.6 Å². The Hall–Kier alpha value is -2.02. The Morgan fingerprint density at radius 1 is 1.42 bits per heavy atom. The minimum Gasteiger partial charge on any atom is -0.375 e. The molecule has 1 aromatic heterocycles. The molecule has 98 valence electrons. The first kappa shape index (κ1) is 12.0. The minimum absolute atomic E-state index is 0.0944. The molecule has 0 radical (unpaired) electrons. The van der Waals surface area contributed by atoms with Crippen LogP contribution in [0.2, 0.25) is 0 Å². The van der Waals surface area contributed by atoms with Gasteiger partial charge in [0.05, 0.1) is 4.88 Å². The fourth-order valence-corrected chi connectivity index (χ4v) is 3.08. The van der Waals surface area contributed by atoms with Gasteiger partial charge in [0.2, 0.25) is 5.91 Å². The van der Waals surface area contributed by atoms with Gasteiger partial charge in [-0.3, -0.25) is 4.79 Å². The maximum Gasteiger partial charge on any atom is 0.226 e. The molecule has 0 saturated heterocycles. The summed E-state index contributed by atoms with van der Waals surface area (Å²) < 4.78 is 26.8. The van der Waals surface area contributed by atoms with E-state index in [2.05, 4.69) is 10.3 Å². The number of thiazole rings is 1. The van der Waals surface area contributed by atoms with E-state index in [-0.39, 0.29) is 17.9 Å². The van der Waals surface area contributed by atoms with Crippen LogP contribution < -0.4 is 11.1 Å². The highest BCUT2D eigenvalue weighted by atomic mass is 32.1. The zero-order valence-electron chi connectivity index (χ0n) is 9.61. The van der Waals surface area contributed by atoms with Crippen LogP contribution in [0.1, 0.15) is 22.8 Å². The van der Waals surface area contributed by atoms with E-state index in [1.165, 1.54) is 23.5 Å². The van der Waals surface area contributed by atoms with Gasteiger partial charge in [-0.2, -0.15) is 0 Å². The molecule has 1 aliphatic rings. The Kier molecular flexibility index (Phi) is 2.70. The highest BCUT2D eigenvalue weighted by molar-refractivity contribution is 7.16. The molecule has 1 aromatic carbocycles.